The van der Waals surface area contributed by atoms with Gasteiger partial charge in [0.25, 0.3) is 11.7 Å². The van der Waals surface area contributed by atoms with E-state index in [-0.39, 0.29) is 11.7 Å². The van der Waals surface area contributed by atoms with Crippen LogP contribution < -0.4 is 0 Å². The van der Waals surface area contributed by atoms with Gasteiger partial charge in [-0.15, -0.1) is 0 Å². The van der Waals surface area contributed by atoms with Gasteiger partial charge in [0.15, 0.2) is 0 Å². The number of amides is 1. The molecular weight excluding hydrogens is 338 g/mol. The highest BCUT2D eigenvalue weighted by molar-refractivity contribution is 6.43. The van der Waals surface area contributed by atoms with Gasteiger partial charge in [0.1, 0.15) is 0 Å². The fourth-order valence-corrected chi connectivity index (χ4v) is 3.87. The van der Waals surface area contributed by atoms with Crippen molar-refractivity contribution in [3.05, 3.63) is 64.5 Å². The Morgan fingerprint density at radius 3 is 2.30 bits per heavy atom. The number of nitrogens with zero attached hydrogens (tertiary/aromatic N) is 3. The molecule has 1 aliphatic rings. The molecule has 0 spiro atoms. The smallest absolute Gasteiger partial charge is 0.295 e. The van der Waals surface area contributed by atoms with E-state index in [0.29, 0.717) is 18.7 Å². The first-order valence-electron chi connectivity index (χ1n) is 9.48. The molecule has 1 amide bonds. The van der Waals surface area contributed by atoms with E-state index in [2.05, 4.69) is 9.88 Å². The van der Waals surface area contributed by atoms with Gasteiger partial charge >= 0.3 is 0 Å². The lowest BCUT2D eigenvalue weighted by atomic mass is 9.96. The molecule has 0 atom stereocenters. The first-order valence-corrected chi connectivity index (χ1v) is 9.48. The Hall–Kier alpha value is -2.53. The zero-order chi connectivity index (χ0) is 19.4. The van der Waals surface area contributed by atoms with Crippen LogP contribution in [0.25, 0.3) is 0 Å². The highest BCUT2D eigenvalue weighted by Gasteiger charge is 2.27. The van der Waals surface area contributed by atoms with Crippen molar-refractivity contribution in [1.29, 1.82) is 0 Å². The van der Waals surface area contributed by atoms with Gasteiger partial charge in [-0.3, -0.25) is 19.5 Å². The highest BCUT2D eigenvalue weighted by Crippen LogP contribution is 2.18. The summed E-state index contributed by atoms with van der Waals surface area (Å²) in [6, 6.07) is 7.96. The van der Waals surface area contributed by atoms with Crippen molar-refractivity contribution in [2.24, 2.45) is 0 Å². The van der Waals surface area contributed by atoms with Crippen LogP contribution in [0.2, 0.25) is 0 Å². The van der Waals surface area contributed by atoms with Crippen molar-refractivity contribution >= 4 is 11.7 Å². The molecule has 1 saturated heterocycles. The van der Waals surface area contributed by atoms with Crippen LogP contribution >= 0.6 is 0 Å². The summed E-state index contributed by atoms with van der Waals surface area (Å²) >= 11 is 0. The summed E-state index contributed by atoms with van der Waals surface area (Å²) in [6.45, 7) is 9.55. The Balaban J connectivity index is 1.66. The average molecular weight is 365 g/mol. The number of hydrogen-bond donors (Lipinski definition) is 0. The molecule has 5 nitrogen and oxygen atoms in total. The summed E-state index contributed by atoms with van der Waals surface area (Å²) in [5.41, 5.74) is 4.63. The maximum absolute atomic E-state index is 12.9. The molecule has 0 saturated carbocycles. The number of pyridine rings is 1. The summed E-state index contributed by atoms with van der Waals surface area (Å²) < 4.78 is 0. The maximum atomic E-state index is 12.9. The number of rotatable bonds is 4. The van der Waals surface area contributed by atoms with Gasteiger partial charge in [-0.2, -0.15) is 0 Å². The summed E-state index contributed by atoms with van der Waals surface area (Å²) in [6.07, 6.45) is 4.47. The standard InChI is InChI=1S/C22H27N3O2/c1-16-13-17(2)20(18(3)14-16)21(26)22(27)25-10-4-9-24(11-12-25)15-19-5-7-23-8-6-19/h5-8,13-14H,4,9-12,15H2,1-3H3. The van der Waals surface area contributed by atoms with Crippen LogP contribution in [0.5, 0.6) is 0 Å². The van der Waals surface area contributed by atoms with Crippen LogP contribution in [0.3, 0.4) is 0 Å². The van der Waals surface area contributed by atoms with E-state index in [0.717, 1.165) is 42.7 Å². The second-order valence-electron chi connectivity index (χ2n) is 7.38. The zero-order valence-electron chi connectivity index (χ0n) is 16.4. The topological polar surface area (TPSA) is 53.5 Å². The summed E-state index contributed by atoms with van der Waals surface area (Å²) in [7, 11) is 0. The molecule has 3 rings (SSSR count). The molecular formula is C22H27N3O2. The lowest BCUT2D eigenvalue weighted by Gasteiger charge is -2.22. The Kier molecular flexibility index (Phi) is 6.01. The van der Waals surface area contributed by atoms with Crippen LogP contribution in [-0.4, -0.2) is 52.7 Å². The molecule has 0 unspecified atom stereocenters. The Bertz CT molecular complexity index is 810. The van der Waals surface area contributed by atoms with Crippen LogP contribution in [0.15, 0.2) is 36.7 Å². The second kappa shape index (κ2) is 8.44. The van der Waals surface area contributed by atoms with Crippen molar-refractivity contribution in [2.45, 2.75) is 33.7 Å². The van der Waals surface area contributed by atoms with Crippen LogP contribution in [0, 0.1) is 20.8 Å². The van der Waals surface area contributed by atoms with E-state index < -0.39 is 0 Å². The molecule has 1 aromatic carbocycles. The third-order valence-corrected chi connectivity index (χ3v) is 5.13. The monoisotopic (exact) mass is 365 g/mol. The second-order valence-corrected chi connectivity index (χ2v) is 7.38. The van der Waals surface area contributed by atoms with Crippen molar-refractivity contribution < 1.29 is 9.59 Å². The van der Waals surface area contributed by atoms with Gasteiger partial charge in [0.05, 0.1) is 0 Å². The van der Waals surface area contributed by atoms with E-state index in [1.165, 1.54) is 5.56 Å². The third kappa shape index (κ3) is 4.61. The summed E-state index contributed by atoms with van der Waals surface area (Å²) in [5, 5.41) is 0. The van der Waals surface area contributed by atoms with E-state index in [1.807, 2.05) is 45.0 Å². The molecule has 1 aromatic heterocycles. The largest absolute Gasteiger partial charge is 0.334 e. The summed E-state index contributed by atoms with van der Waals surface area (Å²) in [4.78, 5) is 33.8. The molecule has 2 aromatic rings. The van der Waals surface area contributed by atoms with Crippen LogP contribution in [0.1, 0.15) is 39.0 Å². The fraction of sp³-hybridized carbons (Fsp3) is 0.409. The predicted octanol–water partition coefficient (Wildman–Crippen LogP) is 2.92. The average Bonchev–Trinajstić information content (AvgIpc) is 2.86. The molecule has 5 heteroatoms. The number of hydrogen-bond acceptors (Lipinski definition) is 4. The van der Waals surface area contributed by atoms with Gasteiger partial charge in [-0.25, -0.2) is 0 Å². The van der Waals surface area contributed by atoms with E-state index >= 15 is 0 Å². The Morgan fingerprint density at radius 2 is 1.63 bits per heavy atom. The first kappa shape index (κ1) is 19.2. The fourth-order valence-electron chi connectivity index (χ4n) is 3.87. The van der Waals surface area contributed by atoms with Crippen molar-refractivity contribution in [3.63, 3.8) is 0 Å². The number of carbonyl (C=O) groups is 2. The SMILES string of the molecule is Cc1cc(C)c(C(=O)C(=O)N2CCCN(Cc3ccncc3)CC2)c(C)c1. The van der Waals surface area contributed by atoms with Gasteiger partial charge in [-0.1, -0.05) is 17.7 Å². The number of Topliss-reactive ketones (excluding diaryl/α,β-unsaturated/α-hetero) is 1. The van der Waals surface area contributed by atoms with Gasteiger partial charge in [0.2, 0.25) is 0 Å². The minimum Gasteiger partial charge on any atom is -0.334 e. The van der Waals surface area contributed by atoms with E-state index in [1.54, 1.807) is 17.3 Å². The number of aromatic nitrogens is 1. The molecule has 2 heterocycles. The quantitative estimate of drug-likeness (QED) is 0.617. The molecule has 27 heavy (non-hydrogen) atoms. The minimum atomic E-state index is -0.382. The van der Waals surface area contributed by atoms with Crippen molar-refractivity contribution in [1.82, 2.24) is 14.8 Å². The van der Waals surface area contributed by atoms with Gasteiger partial charge in [0, 0.05) is 50.7 Å². The number of ketones is 1. The highest BCUT2D eigenvalue weighted by atomic mass is 16.2. The lowest BCUT2D eigenvalue weighted by molar-refractivity contribution is -0.126. The zero-order valence-corrected chi connectivity index (χ0v) is 16.4. The van der Waals surface area contributed by atoms with Crippen LogP contribution in [-0.2, 0) is 11.3 Å². The minimum absolute atomic E-state index is 0.379. The van der Waals surface area contributed by atoms with Gasteiger partial charge < -0.3 is 4.90 Å². The predicted molar refractivity (Wildman–Crippen MR) is 106 cm³/mol. The first-order chi connectivity index (χ1) is 13.0. The Labute approximate surface area is 161 Å². The van der Waals surface area contributed by atoms with Crippen molar-refractivity contribution in [2.75, 3.05) is 26.2 Å². The van der Waals surface area contributed by atoms with Crippen molar-refractivity contribution in [3.8, 4) is 0 Å². The van der Waals surface area contributed by atoms with E-state index in [9.17, 15) is 9.59 Å². The van der Waals surface area contributed by atoms with Gasteiger partial charge in [-0.05, 0) is 56.0 Å². The third-order valence-electron chi connectivity index (χ3n) is 5.13. The van der Waals surface area contributed by atoms with Crippen LogP contribution in [0.4, 0.5) is 0 Å². The number of carbonyl (C=O) groups excluding carboxylic acids is 2. The Morgan fingerprint density at radius 1 is 0.963 bits per heavy atom. The number of aryl methyl sites for hydroxylation is 3. The molecule has 0 N–H and O–H groups in total. The number of benzene rings is 1. The maximum Gasteiger partial charge on any atom is 0.295 e. The molecule has 0 radical (unpaired) electrons. The normalized spacial score (nSPS) is 15.4. The summed E-state index contributed by atoms with van der Waals surface area (Å²) in [5.74, 6) is -0.761. The lowest BCUT2D eigenvalue weighted by Crippen LogP contribution is -2.39. The molecule has 142 valence electrons. The molecule has 1 aliphatic heterocycles. The molecule has 0 bridgehead atoms. The molecule has 1 fully saturated rings. The van der Waals surface area contributed by atoms with E-state index in [4.69, 9.17) is 0 Å². The molecule has 0 aliphatic carbocycles.